The highest BCUT2D eigenvalue weighted by atomic mass is 32.1. The SMILES string of the molecule is c1ccc(-c2cc(-c3ccccc3)cc(-c3nc(-n4c5ccccc5c5c6c(ccc54)sc4ccccc46)nc4oc5ccccc5c34)c2)cc1. The summed E-state index contributed by atoms with van der Waals surface area (Å²) in [5, 5.41) is 6.84. The quantitative estimate of drug-likeness (QED) is 0.187. The number of benzene rings is 7. The molecule has 5 heteroatoms. The maximum absolute atomic E-state index is 6.56. The summed E-state index contributed by atoms with van der Waals surface area (Å²) in [7, 11) is 0. The van der Waals surface area contributed by atoms with Crippen molar-refractivity contribution in [3.63, 3.8) is 0 Å². The van der Waals surface area contributed by atoms with E-state index in [4.69, 9.17) is 14.4 Å². The van der Waals surface area contributed by atoms with Crippen LogP contribution in [0.3, 0.4) is 0 Å². The number of fused-ring (bicyclic) bond motifs is 10. The Morgan fingerprint density at radius 2 is 1.06 bits per heavy atom. The van der Waals surface area contributed by atoms with Crippen LogP contribution in [0.1, 0.15) is 0 Å². The van der Waals surface area contributed by atoms with E-state index in [-0.39, 0.29) is 0 Å². The van der Waals surface area contributed by atoms with E-state index >= 15 is 0 Å². The third-order valence-corrected chi connectivity index (χ3v) is 11.2. The minimum absolute atomic E-state index is 0.565. The Bertz CT molecular complexity index is 3080. The van der Waals surface area contributed by atoms with E-state index in [0.717, 1.165) is 60.9 Å². The van der Waals surface area contributed by atoms with E-state index < -0.39 is 0 Å². The van der Waals surface area contributed by atoms with E-state index in [1.165, 1.54) is 30.9 Å². The predicted octanol–water partition coefficient (Wildman–Crippen LogP) is 12.8. The molecule has 238 valence electrons. The zero-order chi connectivity index (χ0) is 33.5. The van der Waals surface area contributed by atoms with Gasteiger partial charge in [-0.05, 0) is 70.8 Å². The number of para-hydroxylation sites is 2. The van der Waals surface area contributed by atoms with Crippen molar-refractivity contribution in [2.75, 3.05) is 0 Å². The molecule has 4 heterocycles. The Morgan fingerprint density at radius 1 is 0.431 bits per heavy atom. The molecule has 4 aromatic heterocycles. The first-order valence-electron chi connectivity index (χ1n) is 17.1. The van der Waals surface area contributed by atoms with Crippen LogP contribution in [-0.4, -0.2) is 14.5 Å². The van der Waals surface area contributed by atoms with Crippen molar-refractivity contribution < 1.29 is 4.42 Å². The predicted molar refractivity (Wildman–Crippen MR) is 213 cm³/mol. The van der Waals surface area contributed by atoms with Gasteiger partial charge in [0.05, 0.1) is 22.1 Å². The molecule has 0 N–H and O–H groups in total. The van der Waals surface area contributed by atoms with Crippen LogP contribution in [0.5, 0.6) is 0 Å². The zero-order valence-corrected chi connectivity index (χ0v) is 28.1. The van der Waals surface area contributed by atoms with Crippen molar-refractivity contribution in [1.82, 2.24) is 14.5 Å². The summed E-state index contributed by atoms with van der Waals surface area (Å²) in [6, 6.07) is 57.8. The van der Waals surface area contributed by atoms with E-state index in [1.807, 2.05) is 29.5 Å². The molecular formula is C46H27N3OS. The average molecular weight is 670 g/mol. The van der Waals surface area contributed by atoms with Crippen molar-refractivity contribution in [3.8, 4) is 39.5 Å². The average Bonchev–Trinajstić information content (AvgIpc) is 3.87. The van der Waals surface area contributed by atoms with E-state index in [9.17, 15) is 0 Å². The molecule has 0 amide bonds. The van der Waals surface area contributed by atoms with Gasteiger partial charge < -0.3 is 4.42 Å². The number of hydrogen-bond acceptors (Lipinski definition) is 4. The topological polar surface area (TPSA) is 43.9 Å². The summed E-state index contributed by atoms with van der Waals surface area (Å²) in [4.78, 5) is 10.8. The molecule has 0 atom stereocenters. The Morgan fingerprint density at radius 3 is 1.82 bits per heavy atom. The molecule has 7 aromatic carbocycles. The van der Waals surface area contributed by atoms with Gasteiger partial charge >= 0.3 is 0 Å². The molecule has 0 saturated carbocycles. The molecule has 11 rings (SSSR count). The minimum atomic E-state index is 0.565. The summed E-state index contributed by atoms with van der Waals surface area (Å²) in [6.45, 7) is 0. The summed E-state index contributed by atoms with van der Waals surface area (Å²) < 4.78 is 11.3. The van der Waals surface area contributed by atoms with Gasteiger partial charge in [-0.15, -0.1) is 11.3 Å². The van der Waals surface area contributed by atoms with E-state index in [2.05, 4.69) is 150 Å². The van der Waals surface area contributed by atoms with Gasteiger partial charge in [0.25, 0.3) is 0 Å². The van der Waals surface area contributed by atoms with Crippen molar-refractivity contribution >= 4 is 75.4 Å². The van der Waals surface area contributed by atoms with Gasteiger partial charge in [0.15, 0.2) is 0 Å². The number of rotatable bonds is 4. The molecular weight excluding hydrogens is 643 g/mol. The fourth-order valence-electron chi connectivity index (χ4n) is 7.77. The standard InChI is InChI=1S/C46H27N3OS/c1-3-13-28(14-4-1)30-25-31(29-15-5-2-6-16-29)27-32(26-30)44-43-34-18-8-11-21-38(34)50-45(43)48-46(47-44)49-36-20-10-7-17-33(36)41-37(49)23-24-40-42(41)35-19-9-12-22-39(35)51-40/h1-27H. The summed E-state index contributed by atoms with van der Waals surface area (Å²) in [6.07, 6.45) is 0. The third-order valence-electron chi connectivity index (χ3n) is 10.0. The van der Waals surface area contributed by atoms with Gasteiger partial charge in [-0.25, -0.2) is 4.98 Å². The van der Waals surface area contributed by atoms with Crippen LogP contribution in [0.25, 0.3) is 104 Å². The van der Waals surface area contributed by atoms with Gasteiger partial charge in [0, 0.05) is 41.9 Å². The summed E-state index contributed by atoms with van der Waals surface area (Å²) in [5.74, 6) is 0.577. The fraction of sp³-hybridized carbons (Fsp3) is 0. The van der Waals surface area contributed by atoms with Crippen LogP contribution in [0, 0.1) is 0 Å². The number of hydrogen-bond donors (Lipinski definition) is 0. The monoisotopic (exact) mass is 669 g/mol. The lowest BCUT2D eigenvalue weighted by atomic mass is 9.94. The molecule has 0 aliphatic carbocycles. The summed E-state index contributed by atoms with van der Waals surface area (Å²) in [5.41, 5.74) is 9.85. The Hall–Kier alpha value is -6.56. The highest BCUT2D eigenvalue weighted by Crippen LogP contribution is 2.44. The van der Waals surface area contributed by atoms with Gasteiger partial charge in [0.1, 0.15) is 5.58 Å². The van der Waals surface area contributed by atoms with Gasteiger partial charge in [-0.1, -0.05) is 115 Å². The molecule has 11 aromatic rings. The van der Waals surface area contributed by atoms with Crippen molar-refractivity contribution in [1.29, 1.82) is 0 Å². The third kappa shape index (κ3) is 4.32. The molecule has 0 aliphatic rings. The smallest absolute Gasteiger partial charge is 0.238 e. The number of aromatic nitrogens is 3. The Kier molecular flexibility index (Phi) is 6.09. The van der Waals surface area contributed by atoms with Crippen molar-refractivity contribution in [2.45, 2.75) is 0 Å². The maximum atomic E-state index is 6.56. The van der Waals surface area contributed by atoms with Crippen LogP contribution in [0.4, 0.5) is 0 Å². The second kappa shape index (κ2) is 11.0. The van der Waals surface area contributed by atoms with Gasteiger partial charge in [-0.2, -0.15) is 4.98 Å². The minimum Gasteiger partial charge on any atom is -0.437 e. The second-order valence-corrected chi connectivity index (χ2v) is 14.0. The lowest BCUT2D eigenvalue weighted by Gasteiger charge is -2.13. The van der Waals surface area contributed by atoms with Gasteiger partial charge in [0.2, 0.25) is 11.7 Å². The van der Waals surface area contributed by atoms with Crippen molar-refractivity contribution in [3.05, 3.63) is 164 Å². The number of thiophene rings is 1. The Labute approximate surface area is 296 Å². The largest absolute Gasteiger partial charge is 0.437 e. The fourth-order valence-corrected chi connectivity index (χ4v) is 8.88. The van der Waals surface area contributed by atoms with Crippen LogP contribution < -0.4 is 0 Å². The lowest BCUT2D eigenvalue weighted by Crippen LogP contribution is -2.03. The number of nitrogens with zero attached hydrogens (tertiary/aromatic N) is 3. The highest BCUT2D eigenvalue weighted by molar-refractivity contribution is 7.26. The van der Waals surface area contributed by atoms with Crippen LogP contribution in [-0.2, 0) is 0 Å². The molecule has 4 nitrogen and oxygen atoms in total. The van der Waals surface area contributed by atoms with E-state index in [0.29, 0.717) is 11.7 Å². The molecule has 0 spiro atoms. The van der Waals surface area contributed by atoms with Crippen LogP contribution in [0.15, 0.2) is 168 Å². The van der Waals surface area contributed by atoms with Gasteiger partial charge in [-0.3, -0.25) is 4.57 Å². The normalized spacial score (nSPS) is 11.9. The molecule has 51 heavy (non-hydrogen) atoms. The first-order chi connectivity index (χ1) is 25.3. The Balaban J connectivity index is 1.26. The van der Waals surface area contributed by atoms with Crippen LogP contribution in [0.2, 0.25) is 0 Å². The molecule has 0 aliphatic heterocycles. The first kappa shape index (κ1) is 28.3. The molecule has 0 unspecified atom stereocenters. The highest BCUT2D eigenvalue weighted by Gasteiger charge is 2.23. The maximum Gasteiger partial charge on any atom is 0.238 e. The first-order valence-corrected chi connectivity index (χ1v) is 17.9. The molecule has 0 saturated heterocycles. The van der Waals surface area contributed by atoms with E-state index in [1.54, 1.807) is 0 Å². The summed E-state index contributed by atoms with van der Waals surface area (Å²) >= 11 is 1.84. The van der Waals surface area contributed by atoms with Crippen molar-refractivity contribution in [2.24, 2.45) is 0 Å². The van der Waals surface area contributed by atoms with Crippen LogP contribution >= 0.6 is 11.3 Å². The second-order valence-electron chi connectivity index (χ2n) is 13.0. The molecule has 0 radical (unpaired) electrons. The lowest BCUT2D eigenvalue weighted by molar-refractivity contribution is 0.651. The number of furan rings is 1. The zero-order valence-electron chi connectivity index (χ0n) is 27.2. The molecule has 0 fully saturated rings. The molecule has 0 bridgehead atoms.